The van der Waals surface area contributed by atoms with E-state index in [1.807, 2.05) is 0 Å². The van der Waals surface area contributed by atoms with E-state index in [1.54, 1.807) is 31.2 Å². The maximum Gasteiger partial charge on any atom is 0.406 e. The Hall–Kier alpha value is -1.76. The standard InChI is InChI=1S/C13H16F3N3O/c1-8(19-12(6-7-12)13(14,15)16)9-2-4-10(5-3-9)18-11(17)20/h2-5,8,19H,6-7H2,1H3,(H3,17,18,20). The molecule has 0 radical (unpaired) electrons. The summed E-state index contributed by atoms with van der Waals surface area (Å²) in [7, 11) is 0. The molecule has 2 amide bonds. The first-order valence-corrected chi connectivity index (χ1v) is 6.24. The van der Waals surface area contributed by atoms with E-state index < -0.39 is 23.8 Å². The van der Waals surface area contributed by atoms with E-state index in [0.717, 1.165) is 5.56 Å². The summed E-state index contributed by atoms with van der Waals surface area (Å²) in [5.74, 6) is 0. The van der Waals surface area contributed by atoms with Gasteiger partial charge in [0, 0.05) is 11.7 Å². The van der Waals surface area contributed by atoms with Crippen LogP contribution in [0, 0.1) is 0 Å². The highest BCUT2D eigenvalue weighted by Crippen LogP contribution is 2.50. The number of urea groups is 1. The molecule has 1 aliphatic rings. The predicted molar refractivity (Wildman–Crippen MR) is 69.2 cm³/mol. The van der Waals surface area contributed by atoms with Gasteiger partial charge in [-0.2, -0.15) is 13.2 Å². The maximum absolute atomic E-state index is 12.9. The Bertz CT molecular complexity index is 495. The lowest BCUT2D eigenvalue weighted by Crippen LogP contribution is -2.45. The molecular formula is C13H16F3N3O. The van der Waals surface area contributed by atoms with Gasteiger partial charge in [-0.1, -0.05) is 12.1 Å². The molecule has 0 saturated heterocycles. The number of alkyl halides is 3. The molecule has 1 aromatic carbocycles. The summed E-state index contributed by atoms with van der Waals surface area (Å²) in [6.07, 6.45) is -4.00. The molecule has 1 atom stereocenters. The van der Waals surface area contributed by atoms with Crippen molar-refractivity contribution < 1.29 is 18.0 Å². The van der Waals surface area contributed by atoms with Gasteiger partial charge in [0.15, 0.2) is 0 Å². The zero-order chi connectivity index (χ0) is 15.0. The highest BCUT2D eigenvalue weighted by Gasteiger charge is 2.63. The lowest BCUT2D eigenvalue weighted by atomic mass is 10.1. The van der Waals surface area contributed by atoms with Crippen LogP contribution in [0.15, 0.2) is 24.3 Å². The van der Waals surface area contributed by atoms with Crippen molar-refractivity contribution in [1.82, 2.24) is 5.32 Å². The number of carbonyl (C=O) groups excluding carboxylic acids is 1. The van der Waals surface area contributed by atoms with Gasteiger partial charge in [-0.05, 0) is 37.5 Å². The number of hydrogen-bond acceptors (Lipinski definition) is 2. The third kappa shape index (κ3) is 3.04. The molecule has 0 aromatic heterocycles. The second-order valence-electron chi connectivity index (χ2n) is 5.06. The summed E-state index contributed by atoms with van der Waals surface area (Å²) in [5, 5.41) is 5.04. The Kier molecular flexibility index (Phi) is 3.64. The van der Waals surface area contributed by atoms with Crippen LogP contribution in [0.2, 0.25) is 0 Å². The quantitative estimate of drug-likeness (QED) is 0.797. The number of nitrogens with two attached hydrogens (primary N) is 1. The minimum absolute atomic E-state index is 0.113. The van der Waals surface area contributed by atoms with E-state index in [-0.39, 0.29) is 12.8 Å². The van der Waals surface area contributed by atoms with Gasteiger partial charge < -0.3 is 11.1 Å². The van der Waals surface area contributed by atoms with Crippen molar-refractivity contribution in [2.75, 3.05) is 5.32 Å². The molecule has 4 nitrogen and oxygen atoms in total. The van der Waals surface area contributed by atoms with Crippen LogP contribution in [-0.2, 0) is 0 Å². The van der Waals surface area contributed by atoms with E-state index >= 15 is 0 Å². The van der Waals surface area contributed by atoms with Crippen LogP contribution in [0.1, 0.15) is 31.4 Å². The second kappa shape index (κ2) is 4.97. The normalized spacial score (nSPS) is 18.4. The van der Waals surface area contributed by atoms with Crippen molar-refractivity contribution in [2.45, 2.75) is 37.5 Å². The minimum Gasteiger partial charge on any atom is -0.351 e. The van der Waals surface area contributed by atoms with Crippen molar-refractivity contribution in [3.8, 4) is 0 Å². The molecular weight excluding hydrogens is 271 g/mol. The maximum atomic E-state index is 12.9. The molecule has 110 valence electrons. The van der Waals surface area contributed by atoms with E-state index in [9.17, 15) is 18.0 Å². The summed E-state index contributed by atoms with van der Waals surface area (Å²) >= 11 is 0. The van der Waals surface area contributed by atoms with Gasteiger partial charge in [0.25, 0.3) is 0 Å². The molecule has 0 spiro atoms. The van der Waals surface area contributed by atoms with E-state index in [1.165, 1.54) is 0 Å². The monoisotopic (exact) mass is 287 g/mol. The summed E-state index contributed by atoms with van der Waals surface area (Å²) in [6.45, 7) is 1.68. The molecule has 1 unspecified atom stereocenters. The molecule has 4 N–H and O–H groups in total. The Morgan fingerprint density at radius 2 is 1.85 bits per heavy atom. The van der Waals surface area contributed by atoms with Gasteiger partial charge in [-0.3, -0.25) is 5.32 Å². The summed E-state index contributed by atoms with van der Waals surface area (Å²) in [5.41, 5.74) is 4.46. The van der Waals surface area contributed by atoms with Crippen LogP contribution >= 0.6 is 0 Å². The third-order valence-electron chi connectivity index (χ3n) is 3.46. The topological polar surface area (TPSA) is 67.2 Å². The fourth-order valence-electron chi connectivity index (χ4n) is 2.13. The van der Waals surface area contributed by atoms with Crippen molar-refractivity contribution in [2.24, 2.45) is 5.73 Å². The van der Waals surface area contributed by atoms with Crippen molar-refractivity contribution >= 4 is 11.7 Å². The Morgan fingerprint density at radius 1 is 1.30 bits per heavy atom. The largest absolute Gasteiger partial charge is 0.406 e. The minimum atomic E-state index is -4.23. The Morgan fingerprint density at radius 3 is 2.25 bits per heavy atom. The lowest BCUT2D eigenvalue weighted by Gasteiger charge is -2.25. The Balaban J connectivity index is 2.03. The lowest BCUT2D eigenvalue weighted by molar-refractivity contribution is -0.167. The highest BCUT2D eigenvalue weighted by atomic mass is 19.4. The van der Waals surface area contributed by atoms with E-state index in [0.29, 0.717) is 5.69 Å². The van der Waals surface area contributed by atoms with Crippen LogP contribution in [0.25, 0.3) is 0 Å². The average molecular weight is 287 g/mol. The number of carbonyl (C=O) groups is 1. The zero-order valence-electron chi connectivity index (χ0n) is 10.9. The second-order valence-corrected chi connectivity index (χ2v) is 5.06. The fraction of sp³-hybridized carbons (Fsp3) is 0.462. The molecule has 7 heteroatoms. The average Bonchev–Trinajstić information content (AvgIpc) is 3.09. The summed E-state index contributed by atoms with van der Waals surface area (Å²) < 4.78 is 38.6. The molecule has 0 aliphatic heterocycles. The van der Waals surface area contributed by atoms with Crippen LogP contribution in [-0.4, -0.2) is 17.7 Å². The number of benzene rings is 1. The molecule has 0 bridgehead atoms. The first-order chi connectivity index (χ1) is 9.23. The van der Waals surface area contributed by atoms with Crippen molar-refractivity contribution in [3.63, 3.8) is 0 Å². The van der Waals surface area contributed by atoms with Gasteiger partial charge in [-0.15, -0.1) is 0 Å². The number of anilines is 1. The van der Waals surface area contributed by atoms with Gasteiger partial charge in [0.2, 0.25) is 0 Å². The van der Waals surface area contributed by atoms with Crippen LogP contribution < -0.4 is 16.4 Å². The molecule has 1 saturated carbocycles. The van der Waals surface area contributed by atoms with Gasteiger partial charge >= 0.3 is 12.2 Å². The number of amides is 2. The predicted octanol–water partition coefficient (Wildman–Crippen LogP) is 2.92. The van der Waals surface area contributed by atoms with Gasteiger partial charge in [0.1, 0.15) is 5.54 Å². The van der Waals surface area contributed by atoms with Gasteiger partial charge in [-0.25, -0.2) is 4.79 Å². The van der Waals surface area contributed by atoms with Crippen LogP contribution in [0.4, 0.5) is 23.7 Å². The molecule has 1 fully saturated rings. The van der Waals surface area contributed by atoms with Crippen molar-refractivity contribution in [1.29, 1.82) is 0 Å². The van der Waals surface area contributed by atoms with E-state index in [2.05, 4.69) is 10.6 Å². The SMILES string of the molecule is CC(NC1(C(F)(F)F)CC1)c1ccc(NC(N)=O)cc1. The zero-order valence-corrected chi connectivity index (χ0v) is 10.9. The molecule has 20 heavy (non-hydrogen) atoms. The van der Waals surface area contributed by atoms with Gasteiger partial charge in [0.05, 0.1) is 0 Å². The first-order valence-electron chi connectivity index (χ1n) is 6.24. The Labute approximate surface area is 114 Å². The smallest absolute Gasteiger partial charge is 0.351 e. The molecule has 0 heterocycles. The number of hydrogen-bond donors (Lipinski definition) is 3. The first kappa shape index (κ1) is 14.6. The molecule has 1 aliphatic carbocycles. The third-order valence-corrected chi connectivity index (χ3v) is 3.46. The number of primary amides is 1. The number of nitrogens with one attached hydrogen (secondary N) is 2. The van der Waals surface area contributed by atoms with E-state index in [4.69, 9.17) is 5.73 Å². The molecule has 1 aromatic rings. The summed E-state index contributed by atoms with van der Waals surface area (Å²) in [6, 6.07) is 5.42. The number of rotatable bonds is 4. The highest BCUT2D eigenvalue weighted by molar-refractivity contribution is 5.87. The summed E-state index contributed by atoms with van der Waals surface area (Å²) in [4.78, 5) is 10.7. The fourth-order valence-corrected chi connectivity index (χ4v) is 2.13. The number of halogens is 3. The van der Waals surface area contributed by atoms with Crippen molar-refractivity contribution in [3.05, 3.63) is 29.8 Å². The van der Waals surface area contributed by atoms with Crippen LogP contribution in [0.5, 0.6) is 0 Å². The molecule has 2 rings (SSSR count). The van der Waals surface area contributed by atoms with Crippen LogP contribution in [0.3, 0.4) is 0 Å².